The summed E-state index contributed by atoms with van der Waals surface area (Å²) in [5.41, 5.74) is 5.55. The molecular formula is C20H22N4O2S. The van der Waals surface area contributed by atoms with Crippen LogP contribution < -0.4 is 5.32 Å². The highest BCUT2D eigenvalue weighted by atomic mass is 32.2. The van der Waals surface area contributed by atoms with Gasteiger partial charge in [0.2, 0.25) is 17.6 Å². The van der Waals surface area contributed by atoms with E-state index in [1.165, 1.54) is 34.0 Å². The Bertz CT molecular complexity index is 945. The molecule has 3 aromatic rings. The van der Waals surface area contributed by atoms with E-state index in [1.54, 1.807) is 13.1 Å². The van der Waals surface area contributed by atoms with Crippen LogP contribution in [0, 0.1) is 27.7 Å². The van der Waals surface area contributed by atoms with Gasteiger partial charge in [0.15, 0.2) is 0 Å². The summed E-state index contributed by atoms with van der Waals surface area (Å²) in [6, 6.07) is 7.96. The van der Waals surface area contributed by atoms with E-state index in [-0.39, 0.29) is 11.7 Å². The molecule has 1 N–H and O–H groups in total. The van der Waals surface area contributed by atoms with E-state index >= 15 is 0 Å². The second-order valence-electron chi connectivity index (χ2n) is 6.44. The SMILES string of the molecule is Cc1cc(C)c(CNC(=O)CSc2ncccc2-c2noc(C)n2)c(C)c1. The molecule has 0 aliphatic heterocycles. The van der Waals surface area contributed by atoms with Crippen molar-refractivity contribution in [3.05, 3.63) is 58.6 Å². The highest BCUT2D eigenvalue weighted by molar-refractivity contribution is 8.00. The van der Waals surface area contributed by atoms with Crippen LogP contribution in [0.3, 0.4) is 0 Å². The Morgan fingerprint density at radius 1 is 1.19 bits per heavy atom. The summed E-state index contributed by atoms with van der Waals surface area (Å²) in [5, 5.41) is 7.64. The Morgan fingerprint density at radius 2 is 1.93 bits per heavy atom. The molecule has 6 nitrogen and oxygen atoms in total. The van der Waals surface area contributed by atoms with Crippen LogP contribution in [-0.4, -0.2) is 26.8 Å². The number of benzene rings is 1. The van der Waals surface area contributed by atoms with E-state index in [9.17, 15) is 4.79 Å². The number of hydrogen-bond acceptors (Lipinski definition) is 6. The number of thioether (sulfide) groups is 1. The van der Waals surface area contributed by atoms with Gasteiger partial charge < -0.3 is 9.84 Å². The van der Waals surface area contributed by atoms with Gasteiger partial charge in [-0.15, -0.1) is 0 Å². The molecule has 1 amide bonds. The van der Waals surface area contributed by atoms with E-state index in [0.717, 1.165) is 5.56 Å². The average molecular weight is 382 g/mol. The van der Waals surface area contributed by atoms with Crippen LogP contribution in [0.1, 0.15) is 28.1 Å². The molecule has 0 fully saturated rings. The predicted octanol–water partition coefficient (Wildman–Crippen LogP) is 3.77. The summed E-state index contributed by atoms with van der Waals surface area (Å²) in [4.78, 5) is 20.9. The Morgan fingerprint density at radius 3 is 2.59 bits per heavy atom. The molecule has 0 radical (unpaired) electrons. The zero-order chi connectivity index (χ0) is 19.4. The molecular weight excluding hydrogens is 360 g/mol. The number of aryl methyl sites for hydroxylation is 4. The highest BCUT2D eigenvalue weighted by Crippen LogP contribution is 2.27. The number of hydrogen-bond donors (Lipinski definition) is 1. The van der Waals surface area contributed by atoms with Crippen molar-refractivity contribution in [3.63, 3.8) is 0 Å². The molecule has 140 valence electrons. The van der Waals surface area contributed by atoms with Crippen molar-refractivity contribution in [2.24, 2.45) is 0 Å². The fourth-order valence-corrected chi connectivity index (χ4v) is 3.77. The van der Waals surface area contributed by atoms with Crippen LogP contribution >= 0.6 is 11.8 Å². The summed E-state index contributed by atoms with van der Waals surface area (Å²) >= 11 is 1.36. The summed E-state index contributed by atoms with van der Waals surface area (Å²) in [5.74, 6) is 1.20. The molecule has 0 saturated carbocycles. The van der Waals surface area contributed by atoms with Crippen molar-refractivity contribution < 1.29 is 9.32 Å². The summed E-state index contributed by atoms with van der Waals surface area (Å²) in [7, 11) is 0. The van der Waals surface area contributed by atoms with Gasteiger partial charge in [0.05, 0.1) is 11.3 Å². The summed E-state index contributed by atoms with van der Waals surface area (Å²) in [6.07, 6.45) is 1.69. The van der Waals surface area contributed by atoms with Gasteiger partial charge in [-0.25, -0.2) is 4.98 Å². The monoisotopic (exact) mass is 382 g/mol. The minimum Gasteiger partial charge on any atom is -0.351 e. The van der Waals surface area contributed by atoms with Crippen molar-refractivity contribution in [3.8, 4) is 11.4 Å². The fourth-order valence-electron chi connectivity index (χ4n) is 2.95. The molecule has 3 rings (SSSR count). The number of pyridine rings is 1. The Labute approximate surface area is 162 Å². The fraction of sp³-hybridized carbons (Fsp3) is 0.300. The molecule has 0 unspecified atom stereocenters. The van der Waals surface area contributed by atoms with Crippen LogP contribution in [0.4, 0.5) is 0 Å². The Hall–Kier alpha value is -2.67. The number of nitrogens with one attached hydrogen (secondary N) is 1. The normalized spacial score (nSPS) is 10.8. The number of aromatic nitrogens is 3. The third-order valence-electron chi connectivity index (χ3n) is 4.18. The van der Waals surface area contributed by atoms with Crippen LogP contribution in [0.5, 0.6) is 0 Å². The lowest BCUT2D eigenvalue weighted by Gasteiger charge is -2.12. The lowest BCUT2D eigenvalue weighted by atomic mass is 10.00. The lowest BCUT2D eigenvalue weighted by molar-refractivity contribution is -0.118. The number of amides is 1. The van der Waals surface area contributed by atoms with E-state index in [0.29, 0.717) is 23.3 Å². The standard InChI is InChI=1S/C20H22N4O2S/c1-12-8-13(2)17(14(3)9-12)10-22-18(25)11-27-20-16(6-5-7-21-20)19-23-15(4)26-24-19/h5-9H,10-11H2,1-4H3,(H,22,25). The molecule has 0 saturated heterocycles. The first-order valence-electron chi connectivity index (χ1n) is 8.66. The van der Waals surface area contributed by atoms with Crippen LogP contribution in [0.2, 0.25) is 0 Å². The van der Waals surface area contributed by atoms with Crippen LogP contribution in [-0.2, 0) is 11.3 Å². The summed E-state index contributed by atoms with van der Waals surface area (Å²) in [6.45, 7) is 8.49. The van der Waals surface area contributed by atoms with Gasteiger partial charge in [0, 0.05) is 19.7 Å². The average Bonchev–Trinajstić information content (AvgIpc) is 3.05. The maximum Gasteiger partial charge on any atom is 0.230 e. The highest BCUT2D eigenvalue weighted by Gasteiger charge is 2.14. The molecule has 0 spiro atoms. The van der Waals surface area contributed by atoms with Gasteiger partial charge in [-0.2, -0.15) is 4.98 Å². The largest absolute Gasteiger partial charge is 0.351 e. The van der Waals surface area contributed by atoms with E-state index in [2.05, 4.69) is 53.3 Å². The molecule has 1 aromatic carbocycles. The smallest absolute Gasteiger partial charge is 0.230 e. The minimum atomic E-state index is -0.0414. The van der Waals surface area contributed by atoms with Gasteiger partial charge in [-0.1, -0.05) is 34.6 Å². The molecule has 7 heteroatoms. The second-order valence-corrected chi connectivity index (χ2v) is 7.40. The predicted molar refractivity (Wildman–Crippen MR) is 105 cm³/mol. The van der Waals surface area contributed by atoms with Crippen molar-refractivity contribution in [2.45, 2.75) is 39.3 Å². The zero-order valence-electron chi connectivity index (χ0n) is 15.9. The van der Waals surface area contributed by atoms with Gasteiger partial charge in [0.25, 0.3) is 0 Å². The van der Waals surface area contributed by atoms with Crippen molar-refractivity contribution in [1.29, 1.82) is 0 Å². The first kappa shape index (κ1) is 19.1. The van der Waals surface area contributed by atoms with E-state index < -0.39 is 0 Å². The third-order valence-corrected chi connectivity index (χ3v) is 5.19. The lowest BCUT2D eigenvalue weighted by Crippen LogP contribution is -2.25. The zero-order valence-corrected chi connectivity index (χ0v) is 16.7. The molecule has 0 aliphatic carbocycles. The number of rotatable bonds is 6. The summed E-state index contributed by atoms with van der Waals surface area (Å²) < 4.78 is 5.04. The van der Waals surface area contributed by atoms with Crippen LogP contribution in [0.25, 0.3) is 11.4 Å². The second kappa shape index (κ2) is 8.35. The molecule has 0 aliphatic rings. The molecule has 2 heterocycles. The Balaban J connectivity index is 1.62. The van der Waals surface area contributed by atoms with Gasteiger partial charge >= 0.3 is 0 Å². The quantitative estimate of drug-likeness (QED) is 0.654. The Kier molecular flexibility index (Phi) is 5.91. The molecule has 27 heavy (non-hydrogen) atoms. The first-order valence-corrected chi connectivity index (χ1v) is 9.64. The van der Waals surface area contributed by atoms with Gasteiger partial charge in [0.1, 0.15) is 5.03 Å². The van der Waals surface area contributed by atoms with E-state index in [4.69, 9.17) is 4.52 Å². The number of carbonyl (C=O) groups is 1. The van der Waals surface area contributed by atoms with Crippen molar-refractivity contribution in [1.82, 2.24) is 20.4 Å². The van der Waals surface area contributed by atoms with Crippen LogP contribution in [0.15, 0.2) is 40.0 Å². The maximum absolute atomic E-state index is 12.3. The maximum atomic E-state index is 12.3. The van der Waals surface area contributed by atoms with Crippen molar-refractivity contribution in [2.75, 3.05) is 5.75 Å². The first-order chi connectivity index (χ1) is 12.9. The number of carbonyl (C=O) groups excluding carboxylic acids is 1. The van der Waals surface area contributed by atoms with Gasteiger partial charge in [-0.05, 0) is 49.6 Å². The molecule has 2 aromatic heterocycles. The van der Waals surface area contributed by atoms with E-state index in [1.807, 2.05) is 12.1 Å². The van der Waals surface area contributed by atoms with Crippen molar-refractivity contribution >= 4 is 17.7 Å². The minimum absolute atomic E-state index is 0.0414. The number of nitrogens with zero attached hydrogens (tertiary/aromatic N) is 3. The molecule has 0 atom stereocenters. The topological polar surface area (TPSA) is 80.9 Å². The van der Waals surface area contributed by atoms with Gasteiger partial charge in [-0.3, -0.25) is 4.79 Å². The third kappa shape index (κ3) is 4.74. The molecule has 0 bridgehead atoms.